The van der Waals surface area contributed by atoms with E-state index in [1.165, 1.54) is 12.1 Å². The molecule has 0 N–H and O–H groups in total. The Kier molecular flexibility index (Phi) is 5.46. The molecule has 0 unspecified atom stereocenters. The van der Waals surface area contributed by atoms with E-state index in [1.54, 1.807) is 29.4 Å². The highest BCUT2D eigenvalue weighted by molar-refractivity contribution is 5.77. The summed E-state index contributed by atoms with van der Waals surface area (Å²) in [4.78, 5) is 14.2. The molecule has 128 valence electrons. The average Bonchev–Trinajstić information content (AvgIpc) is 3.14. The molecular formula is C20H18FNO3. The summed E-state index contributed by atoms with van der Waals surface area (Å²) in [6.07, 6.45) is 1.57. The summed E-state index contributed by atoms with van der Waals surface area (Å²) in [5.74, 6) is 0.00290. The number of halogens is 1. The number of hydrogen-bond donors (Lipinski definition) is 0. The van der Waals surface area contributed by atoms with Gasteiger partial charge in [-0.1, -0.05) is 42.5 Å². The predicted octanol–water partition coefficient (Wildman–Crippen LogP) is 4.03. The third kappa shape index (κ3) is 4.70. The summed E-state index contributed by atoms with van der Waals surface area (Å²) in [7, 11) is 0. The Balaban J connectivity index is 1.69. The molecule has 0 aliphatic carbocycles. The zero-order valence-electron chi connectivity index (χ0n) is 13.6. The fourth-order valence-electron chi connectivity index (χ4n) is 2.42. The second kappa shape index (κ2) is 8.15. The molecule has 2 aromatic carbocycles. The van der Waals surface area contributed by atoms with Crippen molar-refractivity contribution in [1.29, 1.82) is 0 Å². The van der Waals surface area contributed by atoms with Crippen LogP contribution in [-0.4, -0.2) is 17.4 Å². The molecule has 0 aliphatic rings. The first-order valence-electron chi connectivity index (χ1n) is 7.94. The van der Waals surface area contributed by atoms with Gasteiger partial charge in [-0.3, -0.25) is 4.79 Å². The number of carbonyl (C=O) groups excluding carboxylic acids is 1. The van der Waals surface area contributed by atoms with E-state index in [1.807, 2.05) is 36.4 Å². The number of para-hydroxylation sites is 1. The van der Waals surface area contributed by atoms with Gasteiger partial charge in [-0.15, -0.1) is 0 Å². The highest BCUT2D eigenvalue weighted by atomic mass is 19.1. The Labute approximate surface area is 145 Å². The SMILES string of the molecule is O=C(COc1ccccc1F)N(Cc1ccccc1)Cc1ccco1. The van der Waals surface area contributed by atoms with Crippen LogP contribution in [0.4, 0.5) is 4.39 Å². The van der Waals surface area contributed by atoms with Gasteiger partial charge in [0.25, 0.3) is 5.91 Å². The van der Waals surface area contributed by atoms with Crippen molar-refractivity contribution in [2.24, 2.45) is 0 Å². The van der Waals surface area contributed by atoms with E-state index >= 15 is 0 Å². The molecule has 0 bridgehead atoms. The maximum atomic E-state index is 13.6. The molecule has 0 radical (unpaired) electrons. The molecule has 3 rings (SSSR count). The number of amides is 1. The summed E-state index contributed by atoms with van der Waals surface area (Å²) in [5.41, 5.74) is 0.994. The van der Waals surface area contributed by atoms with Crippen LogP contribution in [-0.2, 0) is 17.9 Å². The molecule has 0 saturated carbocycles. The maximum Gasteiger partial charge on any atom is 0.261 e. The molecule has 0 aliphatic heterocycles. The molecule has 0 spiro atoms. The van der Waals surface area contributed by atoms with E-state index in [4.69, 9.17) is 9.15 Å². The Morgan fingerprint density at radius 3 is 2.44 bits per heavy atom. The molecule has 1 heterocycles. The van der Waals surface area contributed by atoms with Crippen molar-refractivity contribution in [3.8, 4) is 5.75 Å². The van der Waals surface area contributed by atoms with Gasteiger partial charge in [0.2, 0.25) is 0 Å². The highest BCUT2D eigenvalue weighted by Gasteiger charge is 2.17. The van der Waals surface area contributed by atoms with Crippen molar-refractivity contribution in [3.05, 3.63) is 90.1 Å². The fraction of sp³-hybridized carbons (Fsp3) is 0.150. The van der Waals surface area contributed by atoms with Gasteiger partial charge < -0.3 is 14.1 Å². The van der Waals surface area contributed by atoms with Crippen LogP contribution in [0.5, 0.6) is 5.75 Å². The lowest BCUT2D eigenvalue weighted by Gasteiger charge is -2.22. The molecule has 0 atom stereocenters. The van der Waals surface area contributed by atoms with Crippen LogP contribution in [0.25, 0.3) is 0 Å². The van der Waals surface area contributed by atoms with Crippen molar-refractivity contribution in [3.63, 3.8) is 0 Å². The topological polar surface area (TPSA) is 42.7 Å². The van der Waals surface area contributed by atoms with Crippen molar-refractivity contribution in [2.75, 3.05) is 6.61 Å². The van der Waals surface area contributed by atoms with Crippen LogP contribution in [0.2, 0.25) is 0 Å². The Morgan fingerprint density at radius 1 is 0.960 bits per heavy atom. The van der Waals surface area contributed by atoms with Crippen LogP contribution in [0, 0.1) is 5.82 Å². The molecule has 0 fully saturated rings. The molecule has 1 aromatic heterocycles. The molecular weight excluding hydrogens is 321 g/mol. The molecule has 4 nitrogen and oxygen atoms in total. The standard InChI is InChI=1S/C20H18FNO3/c21-18-10-4-5-11-19(18)25-15-20(23)22(14-17-9-6-12-24-17)13-16-7-2-1-3-8-16/h1-12H,13-15H2. The predicted molar refractivity (Wildman–Crippen MR) is 91.3 cm³/mol. The zero-order chi connectivity index (χ0) is 17.5. The van der Waals surface area contributed by atoms with E-state index in [0.717, 1.165) is 5.56 Å². The lowest BCUT2D eigenvalue weighted by Crippen LogP contribution is -2.34. The van der Waals surface area contributed by atoms with Gasteiger partial charge in [-0.25, -0.2) is 4.39 Å². The first kappa shape index (κ1) is 16.8. The number of furan rings is 1. The third-order valence-corrected chi connectivity index (χ3v) is 3.68. The molecule has 3 aromatic rings. The molecule has 25 heavy (non-hydrogen) atoms. The van der Waals surface area contributed by atoms with E-state index < -0.39 is 5.82 Å². The van der Waals surface area contributed by atoms with Crippen LogP contribution in [0.3, 0.4) is 0 Å². The number of carbonyl (C=O) groups is 1. The minimum atomic E-state index is -0.490. The number of nitrogens with zero attached hydrogens (tertiary/aromatic N) is 1. The Bertz CT molecular complexity index is 803. The fourth-order valence-corrected chi connectivity index (χ4v) is 2.42. The highest BCUT2D eigenvalue weighted by Crippen LogP contribution is 2.16. The lowest BCUT2D eigenvalue weighted by atomic mass is 10.2. The normalized spacial score (nSPS) is 10.4. The minimum absolute atomic E-state index is 0.0634. The zero-order valence-corrected chi connectivity index (χ0v) is 13.6. The van der Waals surface area contributed by atoms with Gasteiger partial charge in [-0.2, -0.15) is 0 Å². The van der Waals surface area contributed by atoms with E-state index in [-0.39, 0.29) is 18.3 Å². The van der Waals surface area contributed by atoms with E-state index in [0.29, 0.717) is 18.8 Å². The lowest BCUT2D eigenvalue weighted by molar-refractivity contribution is -0.135. The van der Waals surface area contributed by atoms with Gasteiger partial charge >= 0.3 is 0 Å². The molecule has 0 saturated heterocycles. The molecule has 1 amide bonds. The average molecular weight is 339 g/mol. The summed E-state index contributed by atoms with van der Waals surface area (Å²) >= 11 is 0. The largest absolute Gasteiger partial charge is 0.481 e. The molecule has 5 heteroatoms. The number of hydrogen-bond acceptors (Lipinski definition) is 3. The first-order valence-corrected chi connectivity index (χ1v) is 7.94. The van der Waals surface area contributed by atoms with Crippen molar-refractivity contribution >= 4 is 5.91 Å². The quantitative estimate of drug-likeness (QED) is 0.653. The summed E-state index contributed by atoms with van der Waals surface area (Å²) in [6.45, 7) is 0.497. The number of benzene rings is 2. The third-order valence-electron chi connectivity index (χ3n) is 3.68. The van der Waals surface area contributed by atoms with Crippen LogP contribution in [0.1, 0.15) is 11.3 Å². The van der Waals surface area contributed by atoms with E-state index in [2.05, 4.69) is 0 Å². The van der Waals surface area contributed by atoms with Gasteiger partial charge in [-0.05, 0) is 29.8 Å². The second-order valence-corrected chi connectivity index (χ2v) is 5.53. The summed E-state index contributed by atoms with van der Waals surface area (Å²) in [6, 6.07) is 19.3. The van der Waals surface area contributed by atoms with Gasteiger partial charge in [0.15, 0.2) is 18.2 Å². The summed E-state index contributed by atoms with van der Waals surface area (Å²) < 4.78 is 24.3. The number of rotatable bonds is 7. The van der Waals surface area contributed by atoms with Gasteiger partial charge in [0.1, 0.15) is 5.76 Å². The maximum absolute atomic E-state index is 13.6. The van der Waals surface area contributed by atoms with Crippen LogP contribution < -0.4 is 4.74 Å². The van der Waals surface area contributed by atoms with Crippen molar-refractivity contribution in [1.82, 2.24) is 4.90 Å². The minimum Gasteiger partial charge on any atom is -0.481 e. The second-order valence-electron chi connectivity index (χ2n) is 5.53. The van der Waals surface area contributed by atoms with E-state index in [9.17, 15) is 9.18 Å². The van der Waals surface area contributed by atoms with Crippen LogP contribution in [0.15, 0.2) is 77.4 Å². The first-order chi connectivity index (χ1) is 12.2. The summed E-state index contributed by atoms with van der Waals surface area (Å²) in [5, 5.41) is 0. The number of ether oxygens (including phenoxy) is 1. The van der Waals surface area contributed by atoms with Gasteiger partial charge in [0.05, 0.1) is 12.8 Å². The van der Waals surface area contributed by atoms with Crippen LogP contribution >= 0.6 is 0 Å². The van der Waals surface area contributed by atoms with Crippen molar-refractivity contribution in [2.45, 2.75) is 13.1 Å². The Hall–Kier alpha value is -3.08. The smallest absolute Gasteiger partial charge is 0.261 e. The van der Waals surface area contributed by atoms with Crippen molar-refractivity contribution < 1.29 is 18.3 Å². The Morgan fingerprint density at radius 2 is 1.72 bits per heavy atom. The monoisotopic (exact) mass is 339 g/mol. The van der Waals surface area contributed by atoms with Gasteiger partial charge in [0, 0.05) is 6.54 Å².